The number of carbonyl (C=O) groups is 1. The molecule has 1 aliphatic carbocycles. The summed E-state index contributed by atoms with van der Waals surface area (Å²) in [5.74, 6) is 0.248. The van der Waals surface area contributed by atoms with Crippen molar-refractivity contribution in [1.82, 2.24) is 4.90 Å². The Hall–Kier alpha value is -1.35. The summed E-state index contributed by atoms with van der Waals surface area (Å²) in [6.07, 6.45) is 8.82. The molecule has 0 aromatic heterocycles. The van der Waals surface area contributed by atoms with E-state index in [9.17, 15) is 4.79 Å². The molecule has 2 aliphatic rings. The molecule has 3 heteroatoms. The maximum atomic E-state index is 12.7. The van der Waals surface area contributed by atoms with Crippen LogP contribution in [0.4, 0.5) is 0 Å². The fourth-order valence-electron chi connectivity index (χ4n) is 3.99. The first kappa shape index (κ1) is 15.5. The van der Waals surface area contributed by atoms with Gasteiger partial charge in [0.05, 0.1) is 6.42 Å². The third kappa shape index (κ3) is 3.35. The van der Waals surface area contributed by atoms with Crippen molar-refractivity contribution in [2.75, 3.05) is 6.54 Å². The van der Waals surface area contributed by atoms with Gasteiger partial charge in [-0.05, 0) is 68.6 Å². The number of amides is 1. The lowest BCUT2D eigenvalue weighted by molar-refractivity contribution is -0.134. The van der Waals surface area contributed by atoms with E-state index in [1.807, 2.05) is 11.8 Å². The average molecular weight is 300 g/mol. The summed E-state index contributed by atoms with van der Waals surface area (Å²) in [7, 11) is 0. The molecule has 1 amide bonds. The fourth-order valence-corrected chi connectivity index (χ4v) is 3.99. The number of nitrogens with two attached hydrogens (primary N) is 1. The minimum absolute atomic E-state index is 0.0628. The predicted molar refractivity (Wildman–Crippen MR) is 89.8 cm³/mol. The number of likely N-dealkylation sites (tertiary alicyclic amines) is 1. The number of benzene rings is 1. The van der Waals surface area contributed by atoms with E-state index in [-0.39, 0.29) is 18.0 Å². The van der Waals surface area contributed by atoms with Crippen molar-refractivity contribution in [3.05, 3.63) is 34.9 Å². The lowest BCUT2D eigenvalue weighted by Crippen LogP contribution is -2.52. The van der Waals surface area contributed by atoms with Gasteiger partial charge in [-0.15, -0.1) is 0 Å². The molecule has 0 saturated carbocycles. The Bertz CT molecular complexity index is 538. The zero-order valence-electron chi connectivity index (χ0n) is 13.7. The molecule has 3 nitrogen and oxygen atoms in total. The maximum Gasteiger partial charge on any atom is 0.227 e. The number of hydrogen-bond donors (Lipinski definition) is 1. The van der Waals surface area contributed by atoms with Crippen LogP contribution in [0.2, 0.25) is 0 Å². The highest BCUT2D eigenvalue weighted by Gasteiger charge is 2.29. The molecule has 3 rings (SSSR count). The molecular weight excluding hydrogens is 272 g/mol. The number of piperidine rings is 1. The Morgan fingerprint density at radius 1 is 1.23 bits per heavy atom. The lowest BCUT2D eigenvalue weighted by atomic mass is 9.89. The van der Waals surface area contributed by atoms with Gasteiger partial charge in [0.2, 0.25) is 5.91 Å². The SMILES string of the molecule is CC(N)C1CCCCN1C(=O)Cc1ccc2c(c1)CCCC2. The summed E-state index contributed by atoms with van der Waals surface area (Å²) >= 11 is 0. The molecule has 1 aromatic carbocycles. The van der Waals surface area contributed by atoms with E-state index in [1.54, 1.807) is 0 Å². The van der Waals surface area contributed by atoms with E-state index >= 15 is 0 Å². The summed E-state index contributed by atoms with van der Waals surface area (Å²) < 4.78 is 0. The second-order valence-electron chi connectivity index (χ2n) is 7.00. The third-order valence-electron chi connectivity index (χ3n) is 5.24. The van der Waals surface area contributed by atoms with Crippen LogP contribution in [0.25, 0.3) is 0 Å². The van der Waals surface area contributed by atoms with E-state index in [4.69, 9.17) is 5.73 Å². The molecule has 1 aromatic rings. The number of rotatable bonds is 3. The molecule has 2 atom stereocenters. The highest BCUT2D eigenvalue weighted by atomic mass is 16.2. The third-order valence-corrected chi connectivity index (χ3v) is 5.24. The van der Waals surface area contributed by atoms with Gasteiger partial charge in [-0.25, -0.2) is 0 Å². The first-order valence-electron chi connectivity index (χ1n) is 8.81. The number of nitrogens with zero attached hydrogens (tertiary/aromatic N) is 1. The van der Waals surface area contributed by atoms with E-state index in [1.165, 1.54) is 48.8 Å². The Morgan fingerprint density at radius 3 is 2.77 bits per heavy atom. The van der Waals surface area contributed by atoms with Crippen LogP contribution in [0.1, 0.15) is 55.7 Å². The average Bonchev–Trinajstić information content (AvgIpc) is 2.54. The minimum atomic E-state index is 0.0628. The van der Waals surface area contributed by atoms with Crippen molar-refractivity contribution in [2.45, 2.75) is 70.4 Å². The second kappa shape index (κ2) is 6.82. The Kier molecular flexibility index (Phi) is 4.82. The van der Waals surface area contributed by atoms with Crippen LogP contribution in [-0.2, 0) is 24.1 Å². The highest BCUT2D eigenvalue weighted by Crippen LogP contribution is 2.24. The van der Waals surface area contributed by atoms with Gasteiger partial charge in [0.1, 0.15) is 0 Å². The zero-order valence-corrected chi connectivity index (χ0v) is 13.7. The van der Waals surface area contributed by atoms with Crippen molar-refractivity contribution in [3.63, 3.8) is 0 Å². The second-order valence-corrected chi connectivity index (χ2v) is 7.00. The molecule has 22 heavy (non-hydrogen) atoms. The summed E-state index contributed by atoms with van der Waals surface area (Å²) in [6.45, 7) is 2.89. The van der Waals surface area contributed by atoms with Gasteiger partial charge in [0, 0.05) is 18.6 Å². The first-order chi connectivity index (χ1) is 10.6. The van der Waals surface area contributed by atoms with E-state index in [0.717, 1.165) is 19.4 Å². The quantitative estimate of drug-likeness (QED) is 0.933. The Balaban J connectivity index is 1.70. The molecule has 1 saturated heterocycles. The van der Waals surface area contributed by atoms with Crippen molar-refractivity contribution < 1.29 is 4.79 Å². The molecule has 2 N–H and O–H groups in total. The van der Waals surface area contributed by atoms with Gasteiger partial charge in [0.25, 0.3) is 0 Å². The molecule has 0 bridgehead atoms. The fraction of sp³-hybridized carbons (Fsp3) is 0.632. The van der Waals surface area contributed by atoms with Gasteiger partial charge in [-0.2, -0.15) is 0 Å². The Morgan fingerprint density at radius 2 is 2.00 bits per heavy atom. The van der Waals surface area contributed by atoms with Crippen LogP contribution in [0.15, 0.2) is 18.2 Å². The molecule has 1 fully saturated rings. The number of carbonyl (C=O) groups excluding carboxylic acids is 1. The summed E-state index contributed by atoms with van der Waals surface area (Å²) in [5.41, 5.74) is 10.2. The standard InChI is InChI=1S/C19H28N2O/c1-14(20)18-8-4-5-11-21(18)19(22)13-15-9-10-16-6-2-3-7-17(16)12-15/h9-10,12,14,18H,2-8,11,13,20H2,1H3. The zero-order chi connectivity index (χ0) is 15.5. The molecule has 2 unspecified atom stereocenters. The minimum Gasteiger partial charge on any atom is -0.338 e. The van der Waals surface area contributed by atoms with Crippen LogP contribution in [-0.4, -0.2) is 29.4 Å². The van der Waals surface area contributed by atoms with Gasteiger partial charge in [-0.1, -0.05) is 18.2 Å². The van der Waals surface area contributed by atoms with Crippen molar-refractivity contribution in [3.8, 4) is 0 Å². The van der Waals surface area contributed by atoms with E-state index < -0.39 is 0 Å². The number of hydrogen-bond acceptors (Lipinski definition) is 2. The van der Waals surface area contributed by atoms with Crippen molar-refractivity contribution >= 4 is 5.91 Å². The van der Waals surface area contributed by atoms with Crippen LogP contribution in [0.5, 0.6) is 0 Å². The van der Waals surface area contributed by atoms with Crippen LogP contribution < -0.4 is 5.73 Å². The largest absolute Gasteiger partial charge is 0.338 e. The van der Waals surface area contributed by atoms with E-state index in [2.05, 4.69) is 18.2 Å². The summed E-state index contributed by atoms with van der Waals surface area (Å²) in [5, 5.41) is 0. The monoisotopic (exact) mass is 300 g/mol. The first-order valence-corrected chi connectivity index (χ1v) is 8.81. The van der Waals surface area contributed by atoms with E-state index in [0.29, 0.717) is 6.42 Å². The number of aryl methyl sites for hydroxylation is 2. The lowest BCUT2D eigenvalue weighted by Gasteiger charge is -2.38. The Labute approximate surface area is 133 Å². The topological polar surface area (TPSA) is 46.3 Å². The van der Waals surface area contributed by atoms with Crippen LogP contribution >= 0.6 is 0 Å². The highest BCUT2D eigenvalue weighted by molar-refractivity contribution is 5.79. The molecule has 120 valence electrons. The van der Waals surface area contributed by atoms with Crippen LogP contribution in [0, 0.1) is 0 Å². The van der Waals surface area contributed by atoms with Gasteiger partial charge in [-0.3, -0.25) is 4.79 Å². The van der Waals surface area contributed by atoms with Gasteiger partial charge < -0.3 is 10.6 Å². The van der Waals surface area contributed by atoms with Crippen molar-refractivity contribution in [2.24, 2.45) is 5.73 Å². The van der Waals surface area contributed by atoms with Gasteiger partial charge >= 0.3 is 0 Å². The summed E-state index contributed by atoms with van der Waals surface area (Å²) in [4.78, 5) is 14.8. The molecule has 0 spiro atoms. The van der Waals surface area contributed by atoms with Crippen LogP contribution in [0.3, 0.4) is 0 Å². The molecular formula is C19H28N2O. The predicted octanol–water partition coefficient (Wildman–Crippen LogP) is 2.84. The smallest absolute Gasteiger partial charge is 0.227 e. The number of fused-ring (bicyclic) bond motifs is 1. The molecule has 0 radical (unpaired) electrons. The van der Waals surface area contributed by atoms with Crippen molar-refractivity contribution in [1.29, 1.82) is 0 Å². The van der Waals surface area contributed by atoms with Gasteiger partial charge in [0.15, 0.2) is 0 Å². The maximum absolute atomic E-state index is 12.7. The summed E-state index contributed by atoms with van der Waals surface area (Å²) in [6, 6.07) is 6.92. The molecule has 1 aliphatic heterocycles. The normalized spacial score (nSPS) is 23.0. The molecule has 1 heterocycles.